The van der Waals surface area contributed by atoms with Crippen molar-refractivity contribution in [1.82, 2.24) is 15.5 Å². The van der Waals surface area contributed by atoms with Gasteiger partial charge in [0, 0.05) is 12.6 Å². The molecule has 1 aromatic rings. The van der Waals surface area contributed by atoms with Crippen molar-refractivity contribution in [3.63, 3.8) is 0 Å². The third-order valence-corrected chi connectivity index (χ3v) is 6.28. The van der Waals surface area contributed by atoms with E-state index in [0.717, 1.165) is 29.5 Å². The highest BCUT2D eigenvalue weighted by atomic mass is 16.6. The SMILES string of the molecule is C=CCN(C(=O)C(NC(=O)OC(C)(C)C)C(C)CC)C(C(=O)NC(C)CCC)c1ccc(C)c(C)c1. The molecule has 7 heteroatoms. The maximum absolute atomic E-state index is 14.0. The summed E-state index contributed by atoms with van der Waals surface area (Å²) in [6.07, 6.45) is 3.36. The van der Waals surface area contributed by atoms with Gasteiger partial charge in [0.15, 0.2) is 0 Å². The van der Waals surface area contributed by atoms with Crippen molar-refractivity contribution in [3.05, 3.63) is 47.5 Å². The zero-order chi connectivity index (χ0) is 27.6. The predicted octanol–water partition coefficient (Wildman–Crippen LogP) is 5.60. The van der Waals surface area contributed by atoms with Crippen LogP contribution in [0.25, 0.3) is 0 Å². The summed E-state index contributed by atoms with van der Waals surface area (Å²) in [6.45, 7) is 21.2. The van der Waals surface area contributed by atoms with Gasteiger partial charge in [0.25, 0.3) is 0 Å². The number of amides is 3. The second kappa shape index (κ2) is 14.0. The molecule has 0 heterocycles. The van der Waals surface area contributed by atoms with E-state index >= 15 is 0 Å². The van der Waals surface area contributed by atoms with E-state index in [1.807, 2.05) is 52.8 Å². The highest BCUT2D eigenvalue weighted by Gasteiger charge is 2.38. The van der Waals surface area contributed by atoms with Gasteiger partial charge in [0.1, 0.15) is 17.7 Å². The normalized spacial score (nSPS) is 14.7. The van der Waals surface area contributed by atoms with Crippen LogP contribution in [0.15, 0.2) is 30.9 Å². The van der Waals surface area contributed by atoms with Crippen molar-refractivity contribution < 1.29 is 19.1 Å². The van der Waals surface area contributed by atoms with Crippen LogP contribution in [-0.2, 0) is 14.3 Å². The molecule has 2 N–H and O–H groups in total. The van der Waals surface area contributed by atoms with Gasteiger partial charge in [-0.3, -0.25) is 9.59 Å². The Morgan fingerprint density at radius 1 is 1.08 bits per heavy atom. The molecule has 4 atom stereocenters. The van der Waals surface area contributed by atoms with E-state index in [4.69, 9.17) is 4.74 Å². The van der Waals surface area contributed by atoms with Gasteiger partial charge in [-0.05, 0) is 70.6 Å². The first kappa shape index (κ1) is 31.2. The monoisotopic (exact) mass is 501 g/mol. The largest absolute Gasteiger partial charge is 0.444 e. The molecule has 0 aliphatic rings. The first-order valence-corrected chi connectivity index (χ1v) is 13.0. The van der Waals surface area contributed by atoms with Gasteiger partial charge in [0.2, 0.25) is 11.8 Å². The van der Waals surface area contributed by atoms with Gasteiger partial charge in [0.05, 0.1) is 0 Å². The maximum Gasteiger partial charge on any atom is 0.408 e. The molecule has 0 spiro atoms. The van der Waals surface area contributed by atoms with E-state index in [1.54, 1.807) is 26.8 Å². The second-order valence-corrected chi connectivity index (χ2v) is 10.7. The molecule has 0 aliphatic heterocycles. The Labute approximate surface area is 218 Å². The lowest BCUT2D eigenvalue weighted by molar-refractivity contribution is -0.143. The molecule has 4 unspecified atom stereocenters. The number of hydrogen-bond donors (Lipinski definition) is 2. The van der Waals surface area contributed by atoms with Crippen LogP contribution >= 0.6 is 0 Å². The molecule has 202 valence electrons. The van der Waals surface area contributed by atoms with Crippen molar-refractivity contribution in [3.8, 4) is 0 Å². The molecule has 0 aromatic heterocycles. The van der Waals surface area contributed by atoms with Gasteiger partial charge in [-0.15, -0.1) is 6.58 Å². The molecule has 3 amide bonds. The second-order valence-electron chi connectivity index (χ2n) is 10.7. The van der Waals surface area contributed by atoms with Crippen molar-refractivity contribution in [2.45, 2.75) is 105 Å². The lowest BCUT2D eigenvalue weighted by Crippen LogP contribution is -2.55. The molecular formula is C29H47N3O4. The molecule has 0 aliphatic carbocycles. The van der Waals surface area contributed by atoms with Crippen LogP contribution in [0.2, 0.25) is 0 Å². The quantitative estimate of drug-likeness (QED) is 0.365. The molecule has 0 fully saturated rings. The van der Waals surface area contributed by atoms with Gasteiger partial charge >= 0.3 is 6.09 Å². The minimum Gasteiger partial charge on any atom is -0.444 e. The number of carbonyl (C=O) groups excluding carboxylic acids is 3. The molecule has 36 heavy (non-hydrogen) atoms. The van der Waals surface area contributed by atoms with Gasteiger partial charge in [-0.2, -0.15) is 0 Å². The van der Waals surface area contributed by atoms with Crippen LogP contribution in [-0.4, -0.2) is 47.0 Å². The van der Waals surface area contributed by atoms with Crippen LogP contribution < -0.4 is 10.6 Å². The van der Waals surface area contributed by atoms with Crippen molar-refractivity contribution >= 4 is 17.9 Å². The van der Waals surface area contributed by atoms with Crippen LogP contribution in [0.3, 0.4) is 0 Å². The van der Waals surface area contributed by atoms with E-state index in [2.05, 4.69) is 24.1 Å². The average molecular weight is 502 g/mol. The van der Waals surface area contributed by atoms with E-state index in [1.165, 1.54) is 4.90 Å². The number of carbonyl (C=O) groups is 3. The molecule has 0 saturated heterocycles. The molecule has 0 radical (unpaired) electrons. The Morgan fingerprint density at radius 3 is 2.22 bits per heavy atom. The molecule has 0 bridgehead atoms. The summed E-state index contributed by atoms with van der Waals surface area (Å²) in [7, 11) is 0. The molecule has 0 saturated carbocycles. The number of nitrogens with zero attached hydrogens (tertiary/aromatic N) is 1. The average Bonchev–Trinajstić information content (AvgIpc) is 2.77. The summed E-state index contributed by atoms with van der Waals surface area (Å²) >= 11 is 0. The lowest BCUT2D eigenvalue weighted by atomic mass is 9.94. The van der Waals surface area contributed by atoms with E-state index in [9.17, 15) is 14.4 Å². The summed E-state index contributed by atoms with van der Waals surface area (Å²) < 4.78 is 5.43. The van der Waals surface area contributed by atoms with Crippen molar-refractivity contribution in [1.29, 1.82) is 0 Å². The third-order valence-electron chi connectivity index (χ3n) is 6.28. The van der Waals surface area contributed by atoms with Gasteiger partial charge in [-0.25, -0.2) is 4.79 Å². The number of aryl methyl sites for hydroxylation is 2. The Balaban J connectivity index is 3.52. The standard InChI is InChI=1S/C29H47N3O4/c1-11-14-22(7)30-26(33)25(23-16-15-20(5)21(6)18-23)32(17-12-2)27(34)24(19(4)13-3)31-28(35)36-29(8,9)10/h12,15-16,18-19,22,24-25H,2,11,13-14,17H2,1,3-10H3,(H,30,33)(H,31,35). The number of benzene rings is 1. The molecule has 1 aromatic carbocycles. The Hall–Kier alpha value is -2.83. The number of hydrogen-bond acceptors (Lipinski definition) is 4. The first-order chi connectivity index (χ1) is 16.7. The third kappa shape index (κ3) is 9.32. The van der Waals surface area contributed by atoms with Crippen LogP contribution in [0.4, 0.5) is 4.79 Å². The Morgan fingerprint density at radius 2 is 1.72 bits per heavy atom. The number of rotatable bonds is 12. The van der Waals surface area contributed by atoms with Crippen LogP contribution in [0.1, 0.15) is 90.5 Å². The Kier molecular flexibility index (Phi) is 12.2. The van der Waals surface area contributed by atoms with E-state index in [0.29, 0.717) is 6.42 Å². The summed E-state index contributed by atoms with van der Waals surface area (Å²) in [5.74, 6) is -0.786. The first-order valence-electron chi connectivity index (χ1n) is 13.0. The smallest absolute Gasteiger partial charge is 0.408 e. The van der Waals surface area contributed by atoms with Gasteiger partial charge < -0.3 is 20.3 Å². The van der Waals surface area contributed by atoms with Crippen molar-refractivity contribution in [2.75, 3.05) is 6.54 Å². The molecular weight excluding hydrogens is 454 g/mol. The van der Waals surface area contributed by atoms with Gasteiger partial charge in [-0.1, -0.05) is 57.9 Å². The van der Waals surface area contributed by atoms with Crippen LogP contribution in [0, 0.1) is 19.8 Å². The fourth-order valence-electron chi connectivity index (χ4n) is 3.99. The Bertz CT molecular complexity index is 906. The number of nitrogens with one attached hydrogen (secondary N) is 2. The highest BCUT2D eigenvalue weighted by molar-refractivity contribution is 5.92. The predicted molar refractivity (Wildman–Crippen MR) is 146 cm³/mol. The number of alkyl carbamates (subject to hydrolysis) is 1. The number of ether oxygens (including phenoxy) is 1. The summed E-state index contributed by atoms with van der Waals surface area (Å²) in [5, 5.41) is 5.85. The van der Waals surface area contributed by atoms with E-state index < -0.39 is 23.8 Å². The zero-order valence-electron chi connectivity index (χ0n) is 23.7. The topological polar surface area (TPSA) is 87.7 Å². The van der Waals surface area contributed by atoms with E-state index in [-0.39, 0.29) is 30.3 Å². The lowest BCUT2D eigenvalue weighted by Gasteiger charge is -2.36. The minimum atomic E-state index is -0.874. The van der Waals surface area contributed by atoms with Crippen LogP contribution in [0.5, 0.6) is 0 Å². The minimum absolute atomic E-state index is 0.0394. The zero-order valence-corrected chi connectivity index (χ0v) is 23.7. The summed E-state index contributed by atoms with van der Waals surface area (Å²) in [6, 6.07) is 4.03. The van der Waals surface area contributed by atoms with Crippen molar-refractivity contribution in [2.24, 2.45) is 5.92 Å². The highest BCUT2D eigenvalue weighted by Crippen LogP contribution is 2.26. The fraction of sp³-hybridized carbons (Fsp3) is 0.621. The molecule has 1 rings (SSSR count). The maximum atomic E-state index is 14.0. The summed E-state index contributed by atoms with van der Waals surface area (Å²) in [4.78, 5) is 41.9. The summed E-state index contributed by atoms with van der Waals surface area (Å²) in [5.41, 5.74) is 2.14. The fourth-order valence-corrected chi connectivity index (χ4v) is 3.99. The molecule has 7 nitrogen and oxygen atoms in total.